The summed E-state index contributed by atoms with van der Waals surface area (Å²) in [5, 5.41) is 20.0. The van der Waals surface area contributed by atoms with E-state index >= 15 is 0 Å². The number of rotatable bonds is 8. The second kappa shape index (κ2) is 9.87. The number of aliphatic hydroxyl groups is 1. The molecule has 2 N–H and O–H groups in total. The van der Waals surface area contributed by atoms with Crippen LogP contribution in [-0.4, -0.2) is 58.9 Å². The lowest BCUT2D eigenvalue weighted by molar-refractivity contribution is 0.0496. The number of benzene rings is 2. The van der Waals surface area contributed by atoms with Crippen molar-refractivity contribution in [2.24, 2.45) is 0 Å². The van der Waals surface area contributed by atoms with E-state index in [-0.39, 0.29) is 24.2 Å². The van der Waals surface area contributed by atoms with E-state index in [4.69, 9.17) is 4.74 Å². The third kappa shape index (κ3) is 5.22. The molecule has 28 heavy (non-hydrogen) atoms. The van der Waals surface area contributed by atoms with Gasteiger partial charge < -0.3 is 14.9 Å². The van der Waals surface area contributed by atoms with Crippen LogP contribution in [0.3, 0.4) is 0 Å². The largest absolute Gasteiger partial charge is 0.504 e. The fourth-order valence-electron chi connectivity index (χ4n) is 3.76. The number of nitrogens with zero attached hydrogens (tertiary/aromatic N) is 2. The van der Waals surface area contributed by atoms with Gasteiger partial charge in [-0.25, -0.2) is 4.39 Å². The van der Waals surface area contributed by atoms with E-state index in [1.54, 1.807) is 6.07 Å². The molecular formula is C22H29FN2O3. The summed E-state index contributed by atoms with van der Waals surface area (Å²) in [5.74, 6) is 0.494. The van der Waals surface area contributed by atoms with Gasteiger partial charge in [0.1, 0.15) is 5.82 Å². The molecule has 1 saturated heterocycles. The number of aromatic hydroxyl groups is 1. The Bertz CT molecular complexity index is 754. The first-order chi connectivity index (χ1) is 13.6. The summed E-state index contributed by atoms with van der Waals surface area (Å²) in [5.41, 5.74) is 1.92. The molecule has 1 heterocycles. The first kappa shape index (κ1) is 20.6. The maximum atomic E-state index is 13.1. The minimum absolute atomic E-state index is 0.128. The van der Waals surface area contributed by atoms with Gasteiger partial charge in [-0.05, 0) is 37.1 Å². The lowest BCUT2D eigenvalue weighted by Crippen LogP contribution is -2.52. The average molecular weight is 388 g/mol. The molecule has 5 nitrogen and oxygen atoms in total. The van der Waals surface area contributed by atoms with Crippen molar-refractivity contribution >= 4 is 0 Å². The Hall–Kier alpha value is -2.15. The second-order valence-corrected chi connectivity index (χ2v) is 7.20. The van der Waals surface area contributed by atoms with Crippen LogP contribution in [-0.2, 0) is 13.1 Å². The van der Waals surface area contributed by atoms with Crippen LogP contribution >= 0.6 is 0 Å². The van der Waals surface area contributed by atoms with Crippen molar-refractivity contribution in [3.8, 4) is 11.5 Å². The Kier molecular flexibility index (Phi) is 7.25. The van der Waals surface area contributed by atoms with Crippen molar-refractivity contribution in [3.05, 3.63) is 59.4 Å². The van der Waals surface area contributed by atoms with Gasteiger partial charge in [0, 0.05) is 50.9 Å². The normalized spacial score (nSPS) is 18.3. The van der Waals surface area contributed by atoms with Crippen LogP contribution in [0.25, 0.3) is 0 Å². The standard InChI is InChI=1S/C22H29FN2O3/c1-2-28-21-5-3-4-18(22(21)27)15-24-11-12-25(20(16-24)10-13-26)14-17-6-8-19(23)9-7-17/h3-9,20,26-27H,2,10-16H2,1H3. The molecule has 1 aliphatic heterocycles. The molecule has 1 unspecified atom stereocenters. The van der Waals surface area contributed by atoms with E-state index in [9.17, 15) is 14.6 Å². The minimum Gasteiger partial charge on any atom is -0.504 e. The number of ether oxygens (including phenoxy) is 1. The monoisotopic (exact) mass is 388 g/mol. The first-order valence-electron chi connectivity index (χ1n) is 9.86. The third-order valence-electron chi connectivity index (χ3n) is 5.23. The molecule has 0 saturated carbocycles. The Morgan fingerprint density at radius 2 is 1.89 bits per heavy atom. The second-order valence-electron chi connectivity index (χ2n) is 7.20. The molecule has 0 radical (unpaired) electrons. The molecule has 2 aromatic rings. The van der Waals surface area contributed by atoms with E-state index in [1.807, 2.05) is 31.2 Å². The van der Waals surface area contributed by atoms with Gasteiger partial charge in [0.15, 0.2) is 11.5 Å². The summed E-state index contributed by atoms with van der Waals surface area (Å²) in [4.78, 5) is 4.64. The molecule has 3 rings (SSSR count). The van der Waals surface area contributed by atoms with Crippen LogP contribution in [0.1, 0.15) is 24.5 Å². The van der Waals surface area contributed by atoms with E-state index in [0.29, 0.717) is 25.3 Å². The average Bonchev–Trinajstić information content (AvgIpc) is 2.69. The molecule has 1 fully saturated rings. The molecular weight excluding hydrogens is 359 g/mol. The summed E-state index contributed by atoms with van der Waals surface area (Å²) < 4.78 is 18.6. The molecule has 1 aliphatic rings. The molecule has 0 spiro atoms. The predicted molar refractivity (Wildman–Crippen MR) is 107 cm³/mol. The Morgan fingerprint density at radius 1 is 1.11 bits per heavy atom. The molecule has 0 aromatic heterocycles. The van der Waals surface area contributed by atoms with Gasteiger partial charge in [-0.15, -0.1) is 0 Å². The number of hydrogen-bond acceptors (Lipinski definition) is 5. The number of phenolic OH excluding ortho intramolecular Hbond substituents is 1. The molecule has 0 bridgehead atoms. The van der Waals surface area contributed by atoms with Crippen LogP contribution in [0, 0.1) is 5.82 Å². The third-order valence-corrected chi connectivity index (χ3v) is 5.23. The van der Waals surface area contributed by atoms with Crippen molar-refractivity contribution in [1.82, 2.24) is 9.80 Å². The lowest BCUT2D eigenvalue weighted by Gasteiger charge is -2.41. The molecule has 2 aromatic carbocycles. The van der Waals surface area contributed by atoms with Gasteiger partial charge in [-0.3, -0.25) is 9.80 Å². The topological polar surface area (TPSA) is 56.2 Å². The van der Waals surface area contributed by atoms with Crippen LogP contribution < -0.4 is 4.74 Å². The Balaban J connectivity index is 1.65. The highest BCUT2D eigenvalue weighted by molar-refractivity contribution is 5.45. The van der Waals surface area contributed by atoms with Gasteiger partial charge in [0.25, 0.3) is 0 Å². The van der Waals surface area contributed by atoms with Gasteiger partial charge in [0.2, 0.25) is 0 Å². The zero-order chi connectivity index (χ0) is 19.9. The molecule has 6 heteroatoms. The zero-order valence-electron chi connectivity index (χ0n) is 16.4. The summed E-state index contributed by atoms with van der Waals surface area (Å²) >= 11 is 0. The van der Waals surface area contributed by atoms with Crippen LogP contribution in [0.4, 0.5) is 4.39 Å². The van der Waals surface area contributed by atoms with Crippen LogP contribution in [0.2, 0.25) is 0 Å². The van der Waals surface area contributed by atoms with Crippen LogP contribution in [0.5, 0.6) is 11.5 Å². The van der Waals surface area contributed by atoms with Crippen molar-refractivity contribution in [1.29, 1.82) is 0 Å². The highest BCUT2D eigenvalue weighted by Crippen LogP contribution is 2.31. The first-order valence-corrected chi connectivity index (χ1v) is 9.86. The molecule has 1 atom stereocenters. The fraction of sp³-hybridized carbons (Fsp3) is 0.455. The number of phenols is 1. The number of halogens is 1. The van der Waals surface area contributed by atoms with Crippen molar-refractivity contribution < 1.29 is 19.3 Å². The van der Waals surface area contributed by atoms with Gasteiger partial charge in [-0.2, -0.15) is 0 Å². The summed E-state index contributed by atoms with van der Waals surface area (Å²) in [6.07, 6.45) is 0.683. The zero-order valence-corrected chi connectivity index (χ0v) is 16.4. The number of hydrogen-bond donors (Lipinski definition) is 2. The van der Waals surface area contributed by atoms with E-state index < -0.39 is 0 Å². The summed E-state index contributed by atoms with van der Waals surface area (Å²) in [6.45, 7) is 6.44. The van der Waals surface area contributed by atoms with E-state index in [2.05, 4.69) is 9.80 Å². The Labute approximate surface area is 166 Å². The molecule has 152 valence electrons. The summed E-state index contributed by atoms with van der Waals surface area (Å²) in [7, 11) is 0. The van der Waals surface area contributed by atoms with Crippen molar-refractivity contribution in [3.63, 3.8) is 0 Å². The fourth-order valence-corrected chi connectivity index (χ4v) is 3.76. The SMILES string of the molecule is CCOc1cccc(CN2CCN(Cc3ccc(F)cc3)C(CCO)C2)c1O. The summed E-state index contributed by atoms with van der Waals surface area (Å²) in [6, 6.07) is 12.4. The van der Waals surface area contributed by atoms with Crippen molar-refractivity contribution in [2.75, 3.05) is 32.8 Å². The maximum absolute atomic E-state index is 13.1. The molecule has 0 amide bonds. The van der Waals surface area contributed by atoms with E-state index in [0.717, 1.165) is 37.3 Å². The number of para-hydroxylation sites is 1. The van der Waals surface area contributed by atoms with Gasteiger partial charge in [0.05, 0.1) is 6.61 Å². The van der Waals surface area contributed by atoms with Gasteiger partial charge >= 0.3 is 0 Å². The Morgan fingerprint density at radius 3 is 2.61 bits per heavy atom. The predicted octanol–water partition coefficient (Wildman–Crippen LogP) is 3.00. The van der Waals surface area contributed by atoms with Gasteiger partial charge in [-0.1, -0.05) is 24.3 Å². The quantitative estimate of drug-likeness (QED) is 0.728. The lowest BCUT2D eigenvalue weighted by atomic mass is 10.1. The minimum atomic E-state index is -0.227. The maximum Gasteiger partial charge on any atom is 0.162 e. The number of aliphatic hydroxyl groups excluding tert-OH is 1. The van der Waals surface area contributed by atoms with Crippen molar-refractivity contribution in [2.45, 2.75) is 32.5 Å². The van der Waals surface area contributed by atoms with Crippen LogP contribution in [0.15, 0.2) is 42.5 Å². The highest BCUT2D eigenvalue weighted by Gasteiger charge is 2.27. The molecule has 0 aliphatic carbocycles. The highest BCUT2D eigenvalue weighted by atomic mass is 19.1. The number of piperazine rings is 1. The van der Waals surface area contributed by atoms with E-state index in [1.165, 1.54) is 12.1 Å². The smallest absolute Gasteiger partial charge is 0.162 e.